The number of halogens is 1. The molecule has 0 aromatic heterocycles. The zero-order valence-electron chi connectivity index (χ0n) is 12.9. The van der Waals surface area contributed by atoms with Crippen LogP contribution in [0.3, 0.4) is 0 Å². The van der Waals surface area contributed by atoms with Crippen molar-refractivity contribution in [2.75, 3.05) is 0 Å². The molecule has 1 saturated heterocycles. The van der Waals surface area contributed by atoms with Gasteiger partial charge >= 0.3 is 6.03 Å². The number of amides is 3. The molecule has 0 unspecified atom stereocenters. The second-order valence-electron chi connectivity index (χ2n) is 5.73. The van der Waals surface area contributed by atoms with Crippen molar-refractivity contribution in [3.63, 3.8) is 0 Å². The van der Waals surface area contributed by atoms with Gasteiger partial charge in [0.1, 0.15) is 5.54 Å². The molecule has 24 heavy (non-hydrogen) atoms. The van der Waals surface area contributed by atoms with Crippen LogP contribution in [-0.2, 0) is 16.9 Å². The van der Waals surface area contributed by atoms with Crippen molar-refractivity contribution in [2.45, 2.75) is 19.0 Å². The first-order valence-corrected chi connectivity index (χ1v) is 7.71. The van der Waals surface area contributed by atoms with Crippen LogP contribution >= 0.6 is 11.6 Å². The van der Waals surface area contributed by atoms with Gasteiger partial charge in [-0.1, -0.05) is 41.9 Å². The van der Waals surface area contributed by atoms with E-state index in [0.717, 1.165) is 4.90 Å². The minimum absolute atomic E-state index is 0.107. The van der Waals surface area contributed by atoms with E-state index in [2.05, 4.69) is 5.32 Å². The fraction of sp³-hybridized carbons (Fsp3) is 0.167. The number of nitriles is 1. The Hall–Kier alpha value is -2.84. The van der Waals surface area contributed by atoms with Crippen LogP contribution in [0.1, 0.15) is 23.6 Å². The summed E-state index contributed by atoms with van der Waals surface area (Å²) in [6, 6.07) is 15.2. The van der Waals surface area contributed by atoms with Gasteiger partial charge in [-0.3, -0.25) is 9.69 Å². The van der Waals surface area contributed by atoms with Crippen LogP contribution in [-0.4, -0.2) is 16.8 Å². The zero-order chi connectivity index (χ0) is 17.3. The molecule has 0 saturated carbocycles. The summed E-state index contributed by atoms with van der Waals surface area (Å²) in [5.41, 5.74) is 0.659. The summed E-state index contributed by atoms with van der Waals surface area (Å²) in [5, 5.41) is 12.1. The van der Waals surface area contributed by atoms with Crippen molar-refractivity contribution in [3.05, 3.63) is 70.2 Å². The Kier molecular flexibility index (Phi) is 4.00. The van der Waals surface area contributed by atoms with Gasteiger partial charge in [0.05, 0.1) is 18.2 Å². The van der Waals surface area contributed by atoms with Crippen molar-refractivity contribution in [1.82, 2.24) is 10.2 Å². The van der Waals surface area contributed by atoms with Gasteiger partial charge in [0, 0.05) is 5.02 Å². The van der Waals surface area contributed by atoms with E-state index in [1.54, 1.807) is 55.5 Å². The van der Waals surface area contributed by atoms with Gasteiger partial charge in [-0.05, 0) is 36.2 Å². The third kappa shape index (κ3) is 2.61. The number of nitrogens with one attached hydrogen (secondary N) is 1. The molecule has 2 aromatic carbocycles. The predicted molar refractivity (Wildman–Crippen MR) is 89.0 cm³/mol. The van der Waals surface area contributed by atoms with Gasteiger partial charge in [0.2, 0.25) is 0 Å². The van der Waals surface area contributed by atoms with Crippen LogP contribution in [0.5, 0.6) is 0 Å². The second kappa shape index (κ2) is 5.99. The standard InChI is InChI=1S/C18H14ClN3O2/c1-18(14-8-6-12(10-20)7-9-14)16(23)22(17(24)21-18)11-13-4-2-3-5-15(13)19/h2-9H,11H2,1H3,(H,21,24)/t18-/m0/s1. The van der Waals surface area contributed by atoms with Crippen molar-refractivity contribution in [2.24, 2.45) is 0 Å². The van der Waals surface area contributed by atoms with Crippen LogP contribution in [0, 0.1) is 11.3 Å². The third-order valence-corrected chi connectivity index (χ3v) is 4.52. The lowest BCUT2D eigenvalue weighted by Crippen LogP contribution is -2.40. The van der Waals surface area contributed by atoms with Crippen molar-refractivity contribution in [3.8, 4) is 6.07 Å². The summed E-state index contributed by atoms with van der Waals surface area (Å²) in [7, 11) is 0. The van der Waals surface area contributed by atoms with E-state index < -0.39 is 11.6 Å². The van der Waals surface area contributed by atoms with Gasteiger partial charge in [0.25, 0.3) is 5.91 Å². The lowest BCUT2D eigenvalue weighted by Gasteiger charge is -2.22. The van der Waals surface area contributed by atoms with Crippen LogP contribution in [0.25, 0.3) is 0 Å². The SMILES string of the molecule is C[C@@]1(c2ccc(C#N)cc2)NC(=O)N(Cc2ccccc2Cl)C1=O. The molecule has 1 heterocycles. The molecule has 3 amide bonds. The lowest BCUT2D eigenvalue weighted by atomic mass is 9.91. The highest BCUT2D eigenvalue weighted by molar-refractivity contribution is 6.31. The first-order valence-electron chi connectivity index (χ1n) is 7.34. The minimum Gasteiger partial charge on any atom is -0.319 e. The molecule has 1 N–H and O–H groups in total. The molecule has 120 valence electrons. The largest absolute Gasteiger partial charge is 0.325 e. The van der Waals surface area contributed by atoms with Gasteiger partial charge in [0.15, 0.2) is 0 Å². The Labute approximate surface area is 144 Å². The summed E-state index contributed by atoms with van der Waals surface area (Å²) >= 11 is 6.12. The third-order valence-electron chi connectivity index (χ3n) is 4.15. The molecule has 1 atom stereocenters. The van der Waals surface area contributed by atoms with Crippen molar-refractivity contribution >= 4 is 23.5 Å². The average Bonchev–Trinajstić information content (AvgIpc) is 2.81. The first kappa shape index (κ1) is 16.0. The molecule has 0 aliphatic carbocycles. The van der Waals surface area contributed by atoms with Crippen LogP contribution in [0.2, 0.25) is 5.02 Å². The van der Waals surface area contributed by atoms with E-state index >= 15 is 0 Å². The fourth-order valence-electron chi connectivity index (χ4n) is 2.71. The maximum atomic E-state index is 12.8. The summed E-state index contributed by atoms with van der Waals surface area (Å²) in [6.45, 7) is 1.76. The van der Waals surface area contributed by atoms with E-state index in [0.29, 0.717) is 21.7 Å². The van der Waals surface area contributed by atoms with Crippen LogP contribution in [0.15, 0.2) is 48.5 Å². The monoisotopic (exact) mass is 339 g/mol. The molecule has 2 aromatic rings. The number of imide groups is 1. The Morgan fingerprint density at radius 3 is 2.46 bits per heavy atom. The van der Waals surface area contributed by atoms with Crippen LogP contribution in [0.4, 0.5) is 4.79 Å². The molecule has 0 spiro atoms. The smallest absolute Gasteiger partial charge is 0.319 e. The molecule has 1 aliphatic rings. The quantitative estimate of drug-likeness (QED) is 0.873. The molecule has 6 heteroatoms. The number of nitrogens with zero attached hydrogens (tertiary/aromatic N) is 2. The maximum absolute atomic E-state index is 12.8. The van der Waals surface area contributed by atoms with Gasteiger partial charge in [-0.15, -0.1) is 0 Å². The average molecular weight is 340 g/mol. The molecular weight excluding hydrogens is 326 g/mol. The zero-order valence-corrected chi connectivity index (χ0v) is 13.7. The normalized spacial score (nSPS) is 20.0. The molecule has 5 nitrogen and oxygen atoms in total. The Morgan fingerprint density at radius 2 is 1.83 bits per heavy atom. The highest BCUT2D eigenvalue weighted by atomic mass is 35.5. The first-order chi connectivity index (χ1) is 11.5. The number of hydrogen-bond donors (Lipinski definition) is 1. The van der Waals surface area contributed by atoms with E-state index in [4.69, 9.17) is 16.9 Å². The summed E-state index contributed by atoms with van der Waals surface area (Å²) in [5.74, 6) is -0.350. The number of benzene rings is 2. The number of carbonyl (C=O) groups excluding carboxylic acids is 2. The summed E-state index contributed by atoms with van der Waals surface area (Å²) < 4.78 is 0. The van der Waals surface area contributed by atoms with Gasteiger partial charge in [-0.25, -0.2) is 4.79 Å². The molecule has 1 aliphatic heterocycles. The maximum Gasteiger partial charge on any atom is 0.325 e. The summed E-state index contributed by atoms with van der Waals surface area (Å²) in [4.78, 5) is 26.3. The van der Waals surface area contributed by atoms with Crippen molar-refractivity contribution in [1.29, 1.82) is 5.26 Å². The Balaban J connectivity index is 1.90. The Morgan fingerprint density at radius 1 is 1.17 bits per heavy atom. The molecule has 0 bridgehead atoms. The molecular formula is C18H14ClN3O2. The molecule has 0 radical (unpaired) electrons. The summed E-state index contributed by atoms with van der Waals surface area (Å²) in [6.07, 6.45) is 0. The topological polar surface area (TPSA) is 73.2 Å². The molecule has 1 fully saturated rings. The van der Waals surface area contributed by atoms with Gasteiger partial charge < -0.3 is 5.32 Å². The number of rotatable bonds is 3. The fourth-order valence-corrected chi connectivity index (χ4v) is 2.91. The highest BCUT2D eigenvalue weighted by Crippen LogP contribution is 2.30. The number of urea groups is 1. The minimum atomic E-state index is -1.16. The van der Waals surface area contributed by atoms with Crippen molar-refractivity contribution < 1.29 is 9.59 Å². The van der Waals surface area contributed by atoms with Gasteiger partial charge in [-0.2, -0.15) is 5.26 Å². The van der Waals surface area contributed by atoms with E-state index in [9.17, 15) is 9.59 Å². The van der Waals surface area contributed by atoms with E-state index in [-0.39, 0.29) is 12.5 Å². The number of carbonyl (C=O) groups is 2. The van der Waals surface area contributed by atoms with Crippen LogP contribution < -0.4 is 5.32 Å². The lowest BCUT2D eigenvalue weighted by molar-refractivity contribution is -0.131. The highest BCUT2D eigenvalue weighted by Gasteiger charge is 2.48. The number of hydrogen-bond acceptors (Lipinski definition) is 3. The predicted octanol–water partition coefficient (Wildman–Crippen LogP) is 3.18. The second-order valence-corrected chi connectivity index (χ2v) is 6.13. The Bertz CT molecular complexity index is 857. The van der Waals surface area contributed by atoms with E-state index in [1.807, 2.05) is 6.07 Å². The molecule has 3 rings (SSSR count). The van der Waals surface area contributed by atoms with E-state index in [1.165, 1.54) is 0 Å².